The Kier molecular flexibility index (Phi) is 5.14. The SMILES string of the molecule is CNC(=S)N1N=C(c2ccc(Br)cc2)CC1c1ccc(Br)cc1. The lowest BCUT2D eigenvalue weighted by molar-refractivity contribution is 0.366. The molecule has 3 rings (SSSR count). The van der Waals surface area contributed by atoms with Crippen LogP contribution in [0.15, 0.2) is 62.6 Å². The Balaban J connectivity index is 1.93. The standard InChI is InChI=1S/C17H15Br2N3S/c1-20-17(23)22-16(12-4-8-14(19)9-5-12)10-15(21-22)11-2-6-13(18)7-3-11/h2-9,16H,10H2,1H3,(H,20,23). The second-order valence-electron chi connectivity index (χ2n) is 5.22. The van der Waals surface area contributed by atoms with Crippen molar-refractivity contribution in [2.45, 2.75) is 12.5 Å². The molecular weight excluding hydrogens is 438 g/mol. The molecule has 1 N–H and O–H groups in total. The zero-order valence-corrected chi connectivity index (χ0v) is 16.5. The molecule has 0 bridgehead atoms. The van der Waals surface area contributed by atoms with Gasteiger partial charge in [-0.25, -0.2) is 5.01 Å². The molecule has 6 heteroatoms. The smallest absolute Gasteiger partial charge is 0.189 e. The van der Waals surface area contributed by atoms with E-state index in [0.717, 1.165) is 26.6 Å². The molecule has 0 radical (unpaired) electrons. The normalized spacial score (nSPS) is 17.1. The van der Waals surface area contributed by atoms with E-state index in [2.05, 4.69) is 61.4 Å². The minimum absolute atomic E-state index is 0.113. The minimum Gasteiger partial charge on any atom is -0.364 e. The summed E-state index contributed by atoms with van der Waals surface area (Å²) in [6.07, 6.45) is 0.824. The van der Waals surface area contributed by atoms with E-state index in [9.17, 15) is 0 Å². The maximum atomic E-state index is 5.43. The number of halogens is 2. The van der Waals surface area contributed by atoms with Crippen LogP contribution in [0.25, 0.3) is 0 Å². The Morgan fingerprint density at radius 2 is 1.65 bits per heavy atom. The molecule has 0 aliphatic carbocycles. The van der Waals surface area contributed by atoms with Crippen molar-refractivity contribution in [2.75, 3.05) is 7.05 Å². The molecule has 3 nitrogen and oxygen atoms in total. The second-order valence-corrected chi connectivity index (χ2v) is 7.44. The fraction of sp³-hybridized carbons (Fsp3) is 0.176. The zero-order chi connectivity index (χ0) is 16.4. The van der Waals surface area contributed by atoms with Crippen molar-refractivity contribution in [3.63, 3.8) is 0 Å². The fourth-order valence-corrected chi connectivity index (χ4v) is 3.27. The number of hydrogen-bond donors (Lipinski definition) is 1. The minimum atomic E-state index is 0.113. The zero-order valence-electron chi connectivity index (χ0n) is 12.5. The molecule has 2 aromatic carbocycles. The number of hydrazone groups is 1. The van der Waals surface area contributed by atoms with Crippen LogP contribution in [-0.4, -0.2) is 22.9 Å². The van der Waals surface area contributed by atoms with Crippen LogP contribution in [-0.2, 0) is 0 Å². The van der Waals surface area contributed by atoms with Crippen molar-refractivity contribution in [2.24, 2.45) is 5.10 Å². The third-order valence-electron chi connectivity index (χ3n) is 3.76. The maximum Gasteiger partial charge on any atom is 0.189 e. The quantitative estimate of drug-likeness (QED) is 0.659. The molecule has 0 fully saturated rings. The van der Waals surface area contributed by atoms with E-state index in [1.165, 1.54) is 5.56 Å². The Morgan fingerprint density at radius 3 is 2.22 bits per heavy atom. The molecule has 0 spiro atoms. The lowest BCUT2D eigenvalue weighted by Crippen LogP contribution is -2.34. The largest absolute Gasteiger partial charge is 0.364 e. The third kappa shape index (κ3) is 3.65. The molecule has 23 heavy (non-hydrogen) atoms. The van der Waals surface area contributed by atoms with Crippen LogP contribution in [0.1, 0.15) is 23.6 Å². The van der Waals surface area contributed by atoms with Crippen molar-refractivity contribution in [3.05, 3.63) is 68.6 Å². The highest BCUT2D eigenvalue weighted by Crippen LogP contribution is 2.33. The average Bonchev–Trinajstić information content (AvgIpc) is 3.00. The third-order valence-corrected chi connectivity index (χ3v) is 5.21. The van der Waals surface area contributed by atoms with Crippen molar-refractivity contribution >= 4 is 54.9 Å². The van der Waals surface area contributed by atoms with Gasteiger partial charge in [0, 0.05) is 22.4 Å². The van der Waals surface area contributed by atoms with Crippen molar-refractivity contribution in [1.82, 2.24) is 10.3 Å². The van der Waals surface area contributed by atoms with Gasteiger partial charge in [0.2, 0.25) is 0 Å². The van der Waals surface area contributed by atoms with Crippen molar-refractivity contribution in [3.8, 4) is 0 Å². The van der Waals surface area contributed by atoms with E-state index < -0.39 is 0 Å². The van der Waals surface area contributed by atoms with Gasteiger partial charge in [-0.15, -0.1) is 0 Å². The number of nitrogens with zero attached hydrogens (tertiary/aromatic N) is 2. The molecule has 1 atom stereocenters. The Bertz CT molecular complexity index is 741. The Hall–Kier alpha value is -1.24. The van der Waals surface area contributed by atoms with E-state index >= 15 is 0 Å². The van der Waals surface area contributed by atoms with Gasteiger partial charge in [0.1, 0.15) is 0 Å². The van der Waals surface area contributed by atoms with Crippen LogP contribution < -0.4 is 5.32 Å². The predicted octanol–water partition coefficient (Wildman–Crippen LogP) is 4.87. The first kappa shape index (κ1) is 16.6. The molecule has 0 saturated carbocycles. The lowest BCUT2D eigenvalue weighted by Gasteiger charge is -2.23. The van der Waals surface area contributed by atoms with Crippen LogP contribution in [0.3, 0.4) is 0 Å². The highest BCUT2D eigenvalue weighted by molar-refractivity contribution is 9.10. The highest BCUT2D eigenvalue weighted by Gasteiger charge is 2.30. The topological polar surface area (TPSA) is 27.6 Å². The van der Waals surface area contributed by atoms with Gasteiger partial charge >= 0.3 is 0 Å². The van der Waals surface area contributed by atoms with Gasteiger partial charge in [0.05, 0.1) is 11.8 Å². The number of thiocarbonyl (C=S) groups is 1. The maximum absolute atomic E-state index is 5.43. The molecule has 0 saturated heterocycles. The summed E-state index contributed by atoms with van der Waals surface area (Å²) >= 11 is 12.4. The molecule has 1 aliphatic heterocycles. The van der Waals surface area contributed by atoms with Crippen LogP contribution in [0.2, 0.25) is 0 Å². The second kappa shape index (κ2) is 7.11. The monoisotopic (exact) mass is 451 g/mol. The molecule has 0 aromatic heterocycles. The fourth-order valence-electron chi connectivity index (χ4n) is 2.57. The van der Waals surface area contributed by atoms with Crippen LogP contribution >= 0.6 is 44.1 Å². The van der Waals surface area contributed by atoms with Gasteiger partial charge in [-0.3, -0.25) is 0 Å². The summed E-state index contributed by atoms with van der Waals surface area (Å²) < 4.78 is 2.13. The van der Waals surface area contributed by atoms with E-state index in [1.807, 2.05) is 36.3 Å². The summed E-state index contributed by atoms with van der Waals surface area (Å²) in [5, 5.41) is 10.3. The van der Waals surface area contributed by atoms with E-state index in [1.54, 1.807) is 0 Å². The summed E-state index contributed by atoms with van der Waals surface area (Å²) in [6, 6.07) is 16.7. The molecule has 1 heterocycles. The van der Waals surface area contributed by atoms with Gasteiger partial charge in [-0.05, 0) is 47.6 Å². The van der Waals surface area contributed by atoms with Crippen molar-refractivity contribution in [1.29, 1.82) is 0 Å². The number of hydrogen-bond acceptors (Lipinski definition) is 2. The molecule has 118 valence electrons. The summed E-state index contributed by atoms with van der Waals surface area (Å²) in [7, 11) is 1.83. The lowest BCUT2D eigenvalue weighted by atomic mass is 9.99. The first-order valence-corrected chi connectivity index (χ1v) is 9.17. The highest BCUT2D eigenvalue weighted by atomic mass is 79.9. The summed E-state index contributed by atoms with van der Waals surface area (Å²) in [5.74, 6) is 0. The molecule has 1 unspecified atom stereocenters. The van der Waals surface area contributed by atoms with Crippen molar-refractivity contribution < 1.29 is 0 Å². The number of rotatable bonds is 2. The van der Waals surface area contributed by atoms with Crippen LogP contribution in [0.5, 0.6) is 0 Å². The van der Waals surface area contributed by atoms with Gasteiger partial charge in [-0.2, -0.15) is 5.10 Å². The van der Waals surface area contributed by atoms with E-state index in [0.29, 0.717) is 5.11 Å². The Morgan fingerprint density at radius 1 is 1.09 bits per heavy atom. The summed E-state index contributed by atoms with van der Waals surface area (Å²) in [6.45, 7) is 0. The Labute approximate surface area is 158 Å². The van der Waals surface area contributed by atoms with Gasteiger partial charge in [-0.1, -0.05) is 56.1 Å². The number of benzene rings is 2. The summed E-state index contributed by atoms with van der Waals surface area (Å²) in [4.78, 5) is 0. The molecule has 2 aromatic rings. The van der Waals surface area contributed by atoms with Crippen LogP contribution in [0, 0.1) is 0 Å². The number of nitrogens with one attached hydrogen (secondary N) is 1. The first-order chi connectivity index (χ1) is 11.1. The molecule has 1 aliphatic rings. The van der Waals surface area contributed by atoms with Gasteiger partial charge in [0.15, 0.2) is 5.11 Å². The predicted molar refractivity (Wildman–Crippen MR) is 106 cm³/mol. The summed E-state index contributed by atoms with van der Waals surface area (Å²) in [5.41, 5.74) is 3.36. The van der Waals surface area contributed by atoms with Gasteiger partial charge < -0.3 is 5.32 Å². The molecular formula is C17H15Br2N3S. The first-order valence-electron chi connectivity index (χ1n) is 7.18. The molecule has 0 amide bonds. The van der Waals surface area contributed by atoms with Crippen LogP contribution in [0.4, 0.5) is 0 Å². The average molecular weight is 453 g/mol. The van der Waals surface area contributed by atoms with E-state index in [-0.39, 0.29) is 6.04 Å². The van der Waals surface area contributed by atoms with Gasteiger partial charge in [0.25, 0.3) is 0 Å². The van der Waals surface area contributed by atoms with E-state index in [4.69, 9.17) is 17.3 Å².